The monoisotopic (exact) mass is 276 g/mol. The molecule has 0 saturated heterocycles. The highest BCUT2D eigenvalue weighted by Crippen LogP contribution is 2.19. The van der Waals surface area contributed by atoms with Gasteiger partial charge >= 0.3 is 5.97 Å². The van der Waals surface area contributed by atoms with Crippen molar-refractivity contribution >= 4 is 23.0 Å². The van der Waals surface area contributed by atoms with Gasteiger partial charge in [0.2, 0.25) is 0 Å². The zero-order chi connectivity index (χ0) is 13.8. The van der Waals surface area contributed by atoms with Crippen molar-refractivity contribution in [3.05, 3.63) is 45.9 Å². The average molecular weight is 276 g/mol. The molecule has 0 fully saturated rings. The zero-order valence-corrected chi connectivity index (χ0v) is 11.7. The molecule has 5 heteroatoms. The van der Waals surface area contributed by atoms with Crippen LogP contribution in [0.15, 0.2) is 30.6 Å². The molecule has 2 heterocycles. The molecule has 1 unspecified atom stereocenters. The number of hydrogen-bond acceptors (Lipinski definition) is 4. The molecular formula is C14H16N2O2S. The van der Waals surface area contributed by atoms with Gasteiger partial charge in [-0.1, -0.05) is 0 Å². The van der Waals surface area contributed by atoms with E-state index in [1.165, 1.54) is 22.0 Å². The predicted octanol–water partition coefficient (Wildman–Crippen LogP) is 3.19. The highest BCUT2D eigenvalue weighted by molar-refractivity contribution is 7.11. The number of carbonyl (C=O) groups is 1. The molecule has 0 bridgehead atoms. The van der Waals surface area contributed by atoms with Crippen LogP contribution in [0.2, 0.25) is 0 Å². The first-order valence-electron chi connectivity index (χ1n) is 6.05. The SMILES string of the molecule is Cc1ccc(CC(C)Nc2cnccc2C(=O)O)s1. The summed E-state index contributed by atoms with van der Waals surface area (Å²) in [4.78, 5) is 17.6. The number of pyridine rings is 1. The summed E-state index contributed by atoms with van der Waals surface area (Å²) in [5, 5.41) is 12.3. The van der Waals surface area contributed by atoms with Crippen LogP contribution < -0.4 is 5.32 Å². The van der Waals surface area contributed by atoms with Gasteiger partial charge in [0.05, 0.1) is 17.4 Å². The summed E-state index contributed by atoms with van der Waals surface area (Å²) in [6.07, 6.45) is 3.91. The van der Waals surface area contributed by atoms with Crippen LogP contribution >= 0.6 is 11.3 Å². The third kappa shape index (κ3) is 3.54. The number of thiophene rings is 1. The maximum absolute atomic E-state index is 11.1. The van der Waals surface area contributed by atoms with Crippen LogP contribution in [-0.4, -0.2) is 22.1 Å². The van der Waals surface area contributed by atoms with E-state index in [1.54, 1.807) is 17.5 Å². The van der Waals surface area contributed by atoms with E-state index in [4.69, 9.17) is 5.11 Å². The van der Waals surface area contributed by atoms with Gasteiger partial charge < -0.3 is 10.4 Å². The first-order valence-corrected chi connectivity index (χ1v) is 6.87. The molecule has 2 N–H and O–H groups in total. The van der Waals surface area contributed by atoms with Gasteiger partial charge in [-0.3, -0.25) is 4.98 Å². The normalized spacial score (nSPS) is 12.1. The minimum absolute atomic E-state index is 0.153. The van der Waals surface area contributed by atoms with Gasteiger partial charge in [-0.05, 0) is 32.0 Å². The van der Waals surface area contributed by atoms with Crippen LogP contribution in [-0.2, 0) is 6.42 Å². The molecular weight excluding hydrogens is 260 g/mol. The molecule has 0 aliphatic carbocycles. The number of aryl methyl sites for hydroxylation is 1. The maximum Gasteiger partial charge on any atom is 0.337 e. The molecule has 0 aromatic carbocycles. The van der Waals surface area contributed by atoms with Gasteiger partial charge in [-0.15, -0.1) is 11.3 Å². The van der Waals surface area contributed by atoms with E-state index in [1.807, 2.05) is 6.92 Å². The van der Waals surface area contributed by atoms with Gasteiger partial charge in [0.15, 0.2) is 0 Å². The molecule has 100 valence electrons. The van der Waals surface area contributed by atoms with E-state index in [0.717, 1.165) is 6.42 Å². The summed E-state index contributed by atoms with van der Waals surface area (Å²) < 4.78 is 0. The van der Waals surface area contributed by atoms with Crippen LogP contribution in [0.3, 0.4) is 0 Å². The van der Waals surface area contributed by atoms with Crippen molar-refractivity contribution in [3.63, 3.8) is 0 Å². The molecule has 0 amide bonds. The van der Waals surface area contributed by atoms with Gasteiger partial charge in [0.1, 0.15) is 0 Å². The second kappa shape index (κ2) is 5.84. The number of rotatable bonds is 5. The van der Waals surface area contributed by atoms with E-state index in [-0.39, 0.29) is 11.6 Å². The van der Waals surface area contributed by atoms with Crippen LogP contribution in [0.25, 0.3) is 0 Å². The molecule has 19 heavy (non-hydrogen) atoms. The Balaban J connectivity index is 2.06. The van der Waals surface area contributed by atoms with Crippen LogP contribution in [0.1, 0.15) is 27.0 Å². The van der Waals surface area contributed by atoms with Crippen LogP contribution in [0, 0.1) is 6.92 Å². The molecule has 2 rings (SSSR count). The fourth-order valence-corrected chi connectivity index (χ4v) is 2.93. The minimum atomic E-state index is -0.941. The third-order valence-electron chi connectivity index (χ3n) is 2.76. The summed E-state index contributed by atoms with van der Waals surface area (Å²) in [7, 11) is 0. The van der Waals surface area contributed by atoms with Gasteiger partial charge in [-0.25, -0.2) is 4.79 Å². The number of anilines is 1. The summed E-state index contributed by atoms with van der Waals surface area (Å²) >= 11 is 1.77. The van der Waals surface area contributed by atoms with Crippen molar-refractivity contribution in [2.75, 3.05) is 5.32 Å². The van der Waals surface area contributed by atoms with E-state index in [0.29, 0.717) is 5.69 Å². The molecule has 0 aliphatic rings. The number of hydrogen-bond donors (Lipinski definition) is 2. The van der Waals surface area contributed by atoms with Crippen LogP contribution in [0.5, 0.6) is 0 Å². The number of nitrogens with one attached hydrogen (secondary N) is 1. The van der Waals surface area contributed by atoms with E-state index < -0.39 is 5.97 Å². The lowest BCUT2D eigenvalue weighted by Crippen LogP contribution is -2.19. The number of nitrogens with zero attached hydrogens (tertiary/aromatic N) is 1. The van der Waals surface area contributed by atoms with Gasteiger partial charge in [0.25, 0.3) is 0 Å². The standard InChI is InChI=1S/C14H16N2O2S/c1-9(7-11-4-3-10(2)19-11)16-13-8-15-6-5-12(13)14(17)18/h3-6,8-9,16H,7H2,1-2H3,(H,17,18). The maximum atomic E-state index is 11.1. The molecule has 0 spiro atoms. The predicted molar refractivity (Wildman–Crippen MR) is 77.0 cm³/mol. The number of carboxylic acids is 1. The molecule has 0 radical (unpaired) electrons. The van der Waals surface area contributed by atoms with Crippen LogP contribution in [0.4, 0.5) is 5.69 Å². The van der Waals surface area contributed by atoms with Crippen molar-refractivity contribution in [1.29, 1.82) is 0 Å². The number of carboxylic acid groups (broad SMARTS) is 1. The lowest BCUT2D eigenvalue weighted by Gasteiger charge is -2.15. The molecule has 1 atom stereocenters. The molecule has 2 aromatic heterocycles. The molecule has 0 aliphatic heterocycles. The van der Waals surface area contributed by atoms with Crippen molar-refractivity contribution in [2.24, 2.45) is 0 Å². The third-order valence-corrected chi connectivity index (χ3v) is 3.78. The number of aromatic carboxylic acids is 1. The Hall–Kier alpha value is -1.88. The fourth-order valence-electron chi connectivity index (χ4n) is 1.91. The van der Waals surface area contributed by atoms with E-state index in [9.17, 15) is 4.79 Å². The van der Waals surface area contributed by atoms with Gasteiger partial charge in [-0.2, -0.15) is 0 Å². The summed E-state index contributed by atoms with van der Waals surface area (Å²) in [5.74, 6) is -0.941. The van der Waals surface area contributed by atoms with E-state index in [2.05, 4.69) is 29.4 Å². The summed E-state index contributed by atoms with van der Waals surface area (Å²) in [5.41, 5.74) is 0.819. The molecule has 4 nitrogen and oxygen atoms in total. The lowest BCUT2D eigenvalue weighted by molar-refractivity contribution is 0.0698. The highest BCUT2D eigenvalue weighted by atomic mass is 32.1. The lowest BCUT2D eigenvalue weighted by atomic mass is 10.1. The summed E-state index contributed by atoms with van der Waals surface area (Å²) in [6.45, 7) is 4.11. The second-order valence-corrected chi connectivity index (χ2v) is 5.86. The Kier molecular flexibility index (Phi) is 4.16. The zero-order valence-electron chi connectivity index (χ0n) is 10.9. The minimum Gasteiger partial charge on any atom is -0.478 e. The second-order valence-electron chi connectivity index (χ2n) is 4.49. The molecule has 2 aromatic rings. The van der Waals surface area contributed by atoms with Crippen molar-refractivity contribution < 1.29 is 9.90 Å². The van der Waals surface area contributed by atoms with E-state index >= 15 is 0 Å². The summed E-state index contributed by atoms with van der Waals surface area (Å²) in [6, 6.07) is 5.87. The van der Waals surface area contributed by atoms with Gasteiger partial charge in [0, 0.05) is 28.4 Å². The topological polar surface area (TPSA) is 62.2 Å². The highest BCUT2D eigenvalue weighted by Gasteiger charge is 2.12. The first kappa shape index (κ1) is 13.5. The fraction of sp³-hybridized carbons (Fsp3) is 0.286. The Morgan fingerprint density at radius 1 is 1.47 bits per heavy atom. The van der Waals surface area contributed by atoms with Crippen molar-refractivity contribution in [3.8, 4) is 0 Å². The largest absolute Gasteiger partial charge is 0.478 e. The van der Waals surface area contributed by atoms with Crippen molar-refractivity contribution in [2.45, 2.75) is 26.3 Å². The Morgan fingerprint density at radius 3 is 2.89 bits per heavy atom. The Morgan fingerprint density at radius 2 is 2.26 bits per heavy atom. The van der Waals surface area contributed by atoms with Crippen molar-refractivity contribution in [1.82, 2.24) is 4.98 Å². The Labute approximate surface area is 116 Å². The Bertz CT molecular complexity index is 580. The first-order chi connectivity index (χ1) is 9.06. The average Bonchev–Trinajstić information content (AvgIpc) is 2.75. The smallest absolute Gasteiger partial charge is 0.337 e. The molecule has 0 saturated carbocycles. The number of aromatic nitrogens is 1. The quantitative estimate of drug-likeness (QED) is 0.880.